The smallest absolute Gasteiger partial charge is 0.358 e. The monoisotopic (exact) mass is 379 g/mol. The lowest BCUT2D eigenvalue weighted by Crippen LogP contribution is -2.31. The molecule has 0 bridgehead atoms. The molecule has 1 aromatic carbocycles. The van der Waals surface area contributed by atoms with Crippen LogP contribution in [-0.2, 0) is 11.3 Å². The number of esters is 1. The van der Waals surface area contributed by atoms with E-state index in [1.807, 2.05) is 18.2 Å². The summed E-state index contributed by atoms with van der Waals surface area (Å²) in [5.74, 6) is -0.457. The lowest BCUT2D eigenvalue weighted by molar-refractivity contribution is 0.0519. The van der Waals surface area contributed by atoms with E-state index in [9.17, 15) is 9.59 Å². The number of benzene rings is 1. The molecule has 0 saturated carbocycles. The van der Waals surface area contributed by atoms with E-state index in [-0.39, 0.29) is 11.7 Å². The lowest BCUT2D eigenvalue weighted by atomic mass is 10.3. The predicted molar refractivity (Wildman–Crippen MR) is 104 cm³/mol. The molecule has 0 unspecified atom stereocenters. The molecule has 8 nitrogen and oxygen atoms in total. The number of urea groups is 1. The number of nitrogens with zero attached hydrogens (tertiary/aromatic N) is 4. The summed E-state index contributed by atoms with van der Waals surface area (Å²) >= 11 is 0. The van der Waals surface area contributed by atoms with Gasteiger partial charge in [-0.1, -0.05) is 6.07 Å². The Bertz CT molecular complexity index is 938. The van der Waals surface area contributed by atoms with Crippen LogP contribution in [0.2, 0.25) is 0 Å². The Morgan fingerprint density at radius 1 is 1.14 bits per heavy atom. The summed E-state index contributed by atoms with van der Waals surface area (Å²) in [5.41, 5.74) is 2.47. The third-order valence-electron chi connectivity index (χ3n) is 3.93. The van der Waals surface area contributed by atoms with Gasteiger partial charge < -0.3 is 15.0 Å². The minimum atomic E-state index is -0.457. The second kappa shape index (κ2) is 8.81. The zero-order valence-electron chi connectivity index (χ0n) is 15.7. The van der Waals surface area contributed by atoms with Crippen LogP contribution in [0.4, 0.5) is 10.5 Å². The minimum absolute atomic E-state index is 0.234. The van der Waals surface area contributed by atoms with Crippen molar-refractivity contribution in [1.82, 2.24) is 19.7 Å². The molecule has 0 radical (unpaired) electrons. The molecule has 1 N–H and O–H groups in total. The molecule has 8 heteroatoms. The van der Waals surface area contributed by atoms with Crippen LogP contribution in [0.5, 0.6) is 0 Å². The largest absolute Gasteiger partial charge is 0.461 e. The Morgan fingerprint density at radius 2 is 1.93 bits per heavy atom. The molecule has 2 heterocycles. The number of ether oxygens (including phenoxy) is 1. The molecule has 0 atom stereocenters. The molecule has 2 amide bonds. The van der Waals surface area contributed by atoms with Gasteiger partial charge in [-0.05, 0) is 49.4 Å². The van der Waals surface area contributed by atoms with Crippen molar-refractivity contribution in [3.05, 3.63) is 72.3 Å². The van der Waals surface area contributed by atoms with Crippen molar-refractivity contribution in [3.8, 4) is 5.69 Å². The maximum atomic E-state index is 12.3. The average molecular weight is 379 g/mol. The van der Waals surface area contributed by atoms with Crippen LogP contribution < -0.4 is 5.32 Å². The van der Waals surface area contributed by atoms with Crippen LogP contribution in [0.15, 0.2) is 60.9 Å². The summed E-state index contributed by atoms with van der Waals surface area (Å²) < 4.78 is 6.51. The number of pyridine rings is 1. The first-order valence-electron chi connectivity index (χ1n) is 8.82. The first-order valence-corrected chi connectivity index (χ1v) is 8.82. The van der Waals surface area contributed by atoms with E-state index in [2.05, 4.69) is 15.4 Å². The van der Waals surface area contributed by atoms with E-state index in [0.717, 1.165) is 11.4 Å². The van der Waals surface area contributed by atoms with Crippen LogP contribution in [-0.4, -0.2) is 45.3 Å². The molecule has 144 valence electrons. The van der Waals surface area contributed by atoms with Crippen LogP contribution in [0.3, 0.4) is 0 Å². The first-order chi connectivity index (χ1) is 13.6. The molecule has 28 heavy (non-hydrogen) atoms. The highest BCUT2D eigenvalue weighted by molar-refractivity contribution is 5.89. The zero-order valence-corrected chi connectivity index (χ0v) is 15.7. The average Bonchev–Trinajstić information content (AvgIpc) is 3.20. The fourth-order valence-electron chi connectivity index (χ4n) is 2.50. The maximum Gasteiger partial charge on any atom is 0.358 e. The van der Waals surface area contributed by atoms with Crippen molar-refractivity contribution >= 4 is 17.7 Å². The summed E-state index contributed by atoms with van der Waals surface area (Å²) in [6, 6.07) is 14.1. The third kappa shape index (κ3) is 4.73. The van der Waals surface area contributed by atoms with E-state index in [1.54, 1.807) is 66.3 Å². The van der Waals surface area contributed by atoms with Gasteiger partial charge in [-0.15, -0.1) is 0 Å². The second-order valence-corrected chi connectivity index (χ2v) is 6.02. The Kier molecular flexibility index (Phi) is 6.01. The topological polar surface area (TPSA) is 89.4 Å². The third-order valence-corrected chi connectivity index (χ3v) is 3.93. The molecule has 0 saturated heterocycles. The minimum Gasteiger partial charge on any atom is -0.461 e. The summed E-state index contributed by atoms with van der Waals surface area (Å²) in [4.78, 5) is 29.8. The molecule has 0 fully saturated rings. The number of hydrogen-bond donors (Lipinski definition) is 1. The Hall–Kier alpha value is -3.68. The van der Waals surface area contributed by atoms with Gasteiger partial charge in [-0.3, -0.25) is 4.98 Å². The quantitative estimate of drug-likeness (QED) is 0.665. The van der Waals surface area contributed by atoms with Gasteiger partial charge in [0, 0.05) is 25.1 Å². The van der Waals surface area contributed by atoms with E-state index < -0.39 is 5.97 Å². The first kappa shape index (κ1) is 19.1. The maximum absolute atomic E-state index is 12.3. The Labute approximate surface area is 162 Å². The number of nitrogens with one attached hydrogen (secondary N) is 1. The number of amides is 2. The van der Waals surface area contributed by atoms with Gasteiger partial charge in [0.05, 0.1) is 24.5 Å². The SMILES string of the molecule is CCOC(=O)c1ccn(-c2ccc(NC(=O)N(C)Cc3ccccn3)cc2)n1. The van der Waals surface area contributed by atoms with Crippen LogP contribution in [0, 0.1) is 0 Å². The normalized spacial score (nSPS) is 10.4. The van der Waals surface area contributed by atoms with E-state index in [1.165, 1.54) is 0 Å². The van der Waals surface area contributed by atoms with E-state index in [0.29, 0.717) is 18.8 Å². The fourth-order valence-corrected chi connectivity index (χ4v) is 2.50. The highest BCUT2D eigenvalue weighted by atomic mass is 16.5. The molecule has 0 aliphatic rings. The van der Waals surface area contributed by atoms with Crippen molar-refractivity contribution in [1.29, 1.82) is 0 Å². The number of carbonyl (C=O) groups excluding carboxylic acids is 2. The second-order valence-electron chi connectivity index (χ2n) is 6.02. The van der Waals surface area contributed by atoms with Crippen LogP contribution >= 0.6 is 0 Å². The Morgan fingerprint density at radius 3 is 2.61 bits per heavy atom. The lowest BCUT2D eigenvalue weighted by Gasteiger charge is -2.17. The standard InChI is InChI=1S/C20H21N5O3/c1-3-28-19(26)18-11-13-25(23-18)17-9-7-15(8-10-17)22-20(27)24(2)14-16-6-4-5-12-21-16/h4-13H,3,14H2,1-2H3,(H,22,27). The van der Waals surface area contributed by atoms with Gasteiger partial charge in [0.25, 0.3) is 0 Å². The molecule has 3 aromatic rings. The van der Waals surface area contributed by atoms with Crippen LogP contribution in [0.25, 0.3) is 5.69 Å². The number of hydrogen-bond acceptors (Lipinski definition) is 5. The van der Waals surface area contributed by atoms with Gasteiger partial charge in [0.2, 0.25) is 0 Å². The number of anilines is 1. The summed E-state index contributed by atoms with van der Waals surface area (Å²) in [7, 11) is 1.71. The summed E-state index contributed by atoms with van der Waals surface area (Å²) in [6.45, 7) is 2.46. The highest BCUT2D eigenvalue weighted by Crippen LogP contribution is 2.14. The fraction of sp³-hybridized carbons (Fsp3) is 0.200. The molecule has 0 aliphatic carbocycles. The number of rotatable bonds is 6. The predicted octanol–water partition coefficient (Wildman–Crippen LogP) is 3.11. The van der Waals surface area contributed by atoms with Gasteiger partial charge in [0.15, 0.2) is 5.69 Å². The molecule has 2 aromatic heterocycles. The van der Waals surface area contributed by atoms with Crippen molar-refractivity contribution in [2.45, 2.75) is 13.5 Å². The Balaban J connectivity index is 1.61. The van der Waals surface area contributed by atoms with Gasteiger partial charge in [-0.2, -0.15) is 5.10 Å². The summed E-state index contributed by atoms with van der Waals surface area (Å²) in [5, 5.41) is 7.04. The van der Waals surface area contributed by atoms with E-state index in [4.69, 9.17) is 4.74 Å². The summed E-state index contributed by atoms with van der Waals surface area (Å²) in [6.07, 6.45) is 3.38. The van der Waals surface area contributed by atoms with Gasteiger partial charge in [0.1, 0.15) is 0 Å². The molecular weight excluding hydrogens is 358 g/mol. The van der Waals surface area contributed by atoms with Crippen molar-refractivity contribution in [2.24, 2.45) is 0 Å². The molecule has 3 rings (SSSR count). The van der Waals surface area contributed by atoms with Crippen molar-refractivity contribution in [3.63, 3.8) is 0 Å². The van der Waals surface area contributed by atoms with E-state index >= 15 is 0 Å². The van der Waals surface area contributed by atoms with Crippen molar-refractivity contribution < 1.29 is 14.3 Å². The number of aromatic nitrogens is 3. The molecule has 0 aliphatic heterocycles. The molecule has 0 spiro atoms. The number of carbonyl (C=O) groups is 2. The van der Waals surface area contributed by atoms with Crippen LogP contribution in [0.1, 0.15) is 23.1 Å². The highest BCUT2D eigenvalue weighted by Gasteiger charge is 2.12. The van der Waals surface area contributed by atoms with Gasteiger partial charge in [-0.25, -0.2) is 14.3 Å². The van der Waals surface area contributed by atoms with Gasteiger partial charge >= 0.3 is 12.0 Å². The zero-order chi connectivity index (χ0) is 19.9. The van der Waals surface area contributed by atoms with Crippen molar-refractivity contribution in [2.75, 3.05) is 19.0 Å². The molecular formula is C20H21N5O3.